The first-order valence-corrected chi connectivity index (χ1v) is 8.29. The summed E-state index contributed by atoms with van der Waals surface area (Å²) in [5.74, 6) is 1.50. The molecular weight excluding hydrogens is 320 g/mol. The van der Waals surface area contributed by atoms with E-state index in [0.29, 0.717) is 18.0 Å². The Bertz CT molecular complexity index is 680. The Hall–Kier alpha value is -2.73. The van der Waals surface area contributed by atoms with Crippen molar-refractivity contribution in [1.29, 1.82) is 0 Å². The first-order valence-electron chi connectivity index (χ1n) is 8.29. The summed E-state index contributed by atoms with van der Waals surface area (Å²) in [6.45, 7) is 1.38. The number of ether oxygens (including phenoxy) is 3. The second kappa shape index (κ2) is 8.39. The van der Waals surface area contributed by atoms with E-state index < -0.39 is 0 Å². The Balaban J connectivity index is 1.47. The SMILES string of the molecule is COc1ccc(NC(=O)Nc2ccc(OC[C@@H]3CCCO3)cc2)cc1. The second-order valence-corrected chi connectivity index (χ2v) is 5.78. The number of rotatable bonds is 6. The molecule has 0 bridgehead atoms. The highest BCUT2D eigenvalue weighted by Gasteiger charge is 2.15. The molecule has 3 rings (SSSR count). The molecule has 1 heterocycles. The van der Waals surface area contributed by atoms with E-state index in [0.717, 1.165) is 30.9 Å². The number of carbonyl (C=O) groups is 1. The number of urea groups is 1. The fourth-order valence-electron chi connectivity index (χ4n) is 2.57. The Morgan fingerprint density at radius 2 is 1.64 bits per heavy atom. The number of carbonyl (C=O) groups excluding carboxylic acids is 1. The van der Waals surface area contributed by atoms with E-state index in [1.54, 1.807) is 43.5 Å². The summed E-state index contributed by atoms with van der Waals surface area (Å²) in [4.78, 5) is 12.0. The fourth-order valence-corrected chi connectivity index (χ4v) is 2.57. The van der Waals surface area contributed by atoms with Crippen molar-refractivity contribution in [3.63, 3.8) is 0 Å². The van der Waals surface area contributed by atoms with Gasteiger partial charge >= 0.3 is 6.03 Å². The first kappa shape index (κ1) is 17.1. The third-order valence-electron chi connectivity index (χ3n) is 3.92. The Kier molecular flexibility index (Phi) is 5.74. The topological polar surface area (TPSA) is 68.8 Å². The number of benzene rings is 2. The molecule has 0 radical (unpaired) electrons. The van der Waals surface area contributed by atoms with E-state index in [1.807, 2.05) is 12.1 Å². The average molecular weight is 342 g/mol. The zero-order valence-electron chi connectivity index (χ0n) is 14.2. The number of nitrogens with one attached hydrogen (secondary N) is 2. The van der Waals surface area contributed by atoms with E-state index in [4.69, 9.17) is 14.2 Å². The van der Waals surface area contributed by atoms with Crippen molar-refractivity contribution in [2.45, 2.75) is 18.9 Å². The normalized spacial score (nSPS) is 16.3. The summed E-state index contributed by atoms with van der Waals surface area (Å²) in [7, 11) is 1.60. The minimum Gasteiger partial charge on any atom is -0.497 e. The second-order valence-electron chi connectivity index (χ2n) is 5.78. The largest absolute Gasteiger partial charge is 0.497 e. The quantitative estimate of drug-likeness (QED) is 0.835. The van der Waals surface area contributed by atoms with E-state index >= 15 is 0 Å². The van der Waals surface area contributed by atoms with Gasteiger partial charge in [-0.25, -0.2) is 4.79 Å². The van der Waals surface area contributed by atoms with Crippen LogP contribution in [0.15, 0.2) is 48.5 Å². The van der Waals surface area contributed by atoms with Crippen molar-refractivity contribution in [2.24, 2.45) is 0 Å². The number of amides is 2. The van der Waals surface area contributed by atoms with Crippen molar-refractivity contribution in [1.82, 2.24) is 0 Å². The lowest BCUT2D eigenvalue weighted by Gasteiger charge is -2.12. The number of hydrogen-bond donors (Lipinski definition) is 2. The van der Waals surface area contributed by atoms with Crippen LogP contribution in [0.2, 0.25) is 0 Å². The van der Waals surface area contributed by atoms with Crippen molar-refractivity contribution >= 4 is 17.4 Å². The van der Waals surface area contributed by atoms with Gasteiger partial charge in [-0.05, 0) is 61.4 Å². The molecule has 2 aromatic rings. The lowest BCUT2D eigenvalue weighted by molar-refractivity contribution is 0.0679. The maximum Gasteiger partial charge on any atom is 0.323 e. The fraction of sp³-hybridized carbons (Fsp3) is 0.316. The third-order valence-corrected chi connectivity index (χ3v) is 3.92. The van der Waals surface area contributed by atoms with Gasteiger partial charge in [0.15, 0.2) is 0 Å². The van der Waals surface area contributed by atoms with Gasteiger partial charge in [-0.3, -0.25) is 0 Å². The standard InChI is InChI=1S/C19H22N2O4/c1-23-16-8-4-14(5-9-16)20-19(22)21-15-6-10-17(11-7-15)25-13-18-3-2-12-24-18/h4-11,18H,2-3,12-13H2,1H3,(H2,20,21,22)/t18-/m0/s1. The van der Waals surface area contributed by atoms with Crippen LogP contribution in [0.1, 0.15) is 12.8 Å². The maximum atomic E-state index is 12.0. The lowest BCUT2D eigenvalue weighted by atomic mass is 10.2. The van der Waals surface area contributed by atoms with Crippen molar-refractivity contribution < 1.29 is 19.0 Å². The highest BCUT2D eigenvalue weighted by atomic mass is 16.5. The highest BCUT2D eigenvalue weighted by Crippen LogP contribution is 2.19. The minimum atomic E-state index is -0.307. The van der Waals surface area contributed by atoms with Crippen LogP contribution < -0.4 is 20.1 Å². The summed E-state index contributed by atoms with van der Waals surface area (Å²) in [6, 6.07) is 14.1. The van der Waals surface area contributed by atoms with E-state index in [2.05, 4.69) is 10.6 Å². The number of hydrogen-bond acceptors (Lipinski definition) is 4. The summed E-state index contributed by atoms with van der Waals surface area (Å²) >= 11 is 0. The summed E-state index contributed by atoms with van der Waals surface area (Å²) < 4.78 is 16.3. The van der Waals surface area contributed by atoms with Gasteiger partial charge in [-0.1, -0.05) is 0 Å². The molecule has 2 N–H and O–H groups in total. The van der Waals surface area contributed by atoms with E-state index in [-0.39, 0.29) is 12.1 Å². The van der Waals surface area contributed by atoms with Crippen LogP contribution in [0.25, 0.3) is 0 Å². The molecule has 25 heavy (non-hydrogen) atoms. The molecule has 1 aliphatic heterocycles. The van der Waals surface area contributed by atoms with Crippen LogP contribution in [0.4, 0.5) is 16.2 Å². The van der Waals surface area contributed by atoms with Crippen LogP contribution in [0.5, 0.6) is 11.5 Å². The Morgan fingerprint density at radius 1 is 1.04 bits per heavy atom. The van der Waals surface area contributed by atoms with Crippen molar-refractivity contribution in [2.75, 3.05) is 31.0 Å². The zero-order valence-corrected chi connectivity index (χ0v) is 14.2. The molecule has 0 unspecified atom stereocenters. The third kappa shape index (κ3) is 5.12. The van der Waals surface area contributed by atoms with E-state index in [1.165, 1.54) is 0 Å². The molecule has 6 nitrogen and oxygen atoms in total. The Labute approximate surface area is 147 Å². The molecule has 1 saturated heterocycles. The lowest BCUT2D eigenvalue weighted by Crippen LogP contribution is -2.19. The molecule has 0 saturated carbocycles. The van der Waals surface area contributed by atoms with Gasteiger partial charge in [0.2, 0.25) is 0 Å². The van der Waals surface area contributed by atoms with Gasteiger partial charge in [0, 0.05) is 18.0 Å². The average Bonchev–Trinajstić information content (AvgIpc) is 3.15. The van der Waals surface area contributed by atoms with Crippen molar-refractivity contribution in [3.8, 4) is 11.5 Å². The molecule has 132 valence electrons. The molecule has 0 spiro atoms. The van der Waals surface area contributed by atoms with Gasteiger partial charge in [0.05, 0.1) is 13.2 Å². The van der Waals surface area contributed by atoms with E-state index in [9.17, 15) is 4.79 Å². The smallest absolute Gasteiger partial charge is 0.323 e. The van der Waals surface area contributed by atoms with Crippen molar-refractivity contribution in [3.05, 3.63) is 48.5 Å². The van der Waals surface area contributed by atoms with Crippen LogP contribution in [0.3, 0.4) is 0 Å². The molecule has 2 aromatic carbocycles. The monoisotopic (exact) mass is 342 g/mol. The zero-order chi connectivity index (χ0) is 17.5. The molecule has 1 aliphatic rings. The van der Waals surface area contributed by atoms with Crippen LogP contribution in [-0.4, -0.2) is 32.5 Å². The molecular formula is C19H22N2O4. The first-order chi connectivity index (χ1) is 12.2. The molecule has 1 atom stereocenters. The number of anilines is 2. The van der Waals surface area contributed by atoms with Crippen LogP contribution in [-0.2, 0) is 4.74 Å². The van der Waals surface area contributed by atoms with Gasteiger partial charge in [-0.15, -0.1) is 0 Å². The molecule has 1 fully saturated rings. The van der Waals surface area contributed by atoms with Gasteiger partial charge in [0.25, 0.3) is 0 Å². The molecule has 0 aliphatic carbocycles. The maximum absolute atomic E-state index is 12.0. The highest BCUT2D eigenvalue weighted by molar-refractivity contribution is 5.99. The van der Waals surface area contributed by atoms with Gasteiger partial charge < -0.3 is 24.8 Å². The summed E-state index contributed by atoms with van der Waals surface area (Å²) in [5.41, 5.74) is 1.38. The summed E-state index contributed by atoms with van der Waals surface area (Å²) in [6.07, 6.45) is 2.33. The minimum absolute atomic E-state index is 0.188. The van der Waals surface area contributed by atoms with Crippen LogP contribution in [0, 0.1) is 0 Å². The summed E-state index contributed by atoms with van der Waals surface area (Å²) in [5, 5.41) is 5.55. The number of methoxy groups -OCH3 is 1. The Morgan fingerprint density at radius 3 is 2.16 bits per heavy atom. The van der Waals surface area contributed by atoms with Crippen LogP contribution >= 0.6 is 0 Å². The predicted octanol–water partition coefficient (Wildman–Crippen LogP) is 3.90. The van der Waals surface area contributed by atoms with Gasteiger partial charge in [-0.2, -0.15) is 0 Å². The molecule has 6 heteroatoms. The molecule has 0 aromatic heterocycles. The van der Waals surface area contributed by atoms with Gasteiger partial charge in [0.1, 0.15) is 18.1 Å². The molecule has 2 amide bonds. The predicted molar refractivity (Wildman–Crippen MR) is 96.5 cm³/mol.